The van der Waals surface area contributed by atoms with Crippen LogP contribution in [0.1, 0.15) is 11.1 Å². The summed E-state index contributed by atoms with van der Waals surface area (Å²) in [6.07, 6.45) is 11.9. The van der Waals surface area contributed by atoms with E-state index in [0.29, 0.717) is 0 Å². The molecule has 5 aromatic carbocycles. The first-order valence-electron chi connectivity index (χ1n) is 8.54. The number of terminal acetylenes is 2. The second-order valence-electron chi connectivity index (χ2n) is 6.53. The van der Waals surface area contributed by atoms with E-state index >= 15 is 0 Å². The zero-order chi connectivity index (χ0) is 17.7. The molecule has 0 heterocycles. The van der Waals surface area contributed by atoms with Crippen molar-refractivity contribution in [3.05, 3.63) is 83.9 Å². The van der Waals surface area contributed by atoms with Gasteiger partial charge in [0.15, 0.2) is 0 Å². The molecule has 0 aliphatic heterocycles. The van der Waals surface area contributed by atoms with Crippen LogP contribution in [0.4, 0.5) is 0 Å². The van der Waals surface area contributed by atoms with Gasteiger partial charge < -0.3 is 0 Å². The van der Waals surface area contributed by atoms with E-state index in [9.17, 15) is 0 Å². The van der Waals surface area contributed by atoms with Crippen LogP contribution < -0.4 is 0 Å². The first kappa shape index (κ1) is 14.6. The molecule has 0 N–H and O–H groups in total. The Balaban J connectivity index is 2.11. The van der Waals surface area contributed by atoms with Gasteiger partial charge in [0, 0.05) is 11.1 Å². The van der Waals surface area contributed by atoms with Crippen LogP contribution in [0.3, 0.4) is 0 Å². The third-order valence-corrected chi connectivity index (χ3v) is 5.14. The highest BCUT2D eigenvalue weighted by Gasteiger charge is 2.13. The monoisotopic (exact) mass is 326 g/mol. The third kappa shape index (κ3) is 1.94. The molecule has 0 atom stereocenters. The van der Waals surface area contributed by atoms with Crippen molar-refractivity contribution in [1.29, 1.82) is 0 Å². The van der Waals surface area contributed by atoms with E-state index in [1.807, 2.05) is 24.3 Å². The lowest BCUT2D eigenvalue weighted by Crippen LogP contribution is -1.91. The zero-order valence-corrected chi connectivity index (χ0v) is 14.1. The Kier molecular flexibility index (Phi) is 3.02. The van der Waals surface area contributed by atoms with Crippen LogP contribution in [0.5, 0.6) is 0 Å². The maximum Gasteiger partial charge on any atom is 0.0400 e. The summed E-state index contributed by atoms with van der Waals surface area (Å²) in [6, 6.07) is 25.2. The van der Waals surface area contributed by atoms with E-state index in [4.69, 9.17) is 12.8 Å². The minimum atomic E-state index is 0.908. The maximum atomic E-state index is 5.96. The van der Waals surface area contributed by atoms with Crippen molar-refractivity contribution in [2.24, 2.45) is 0 Å². The summed E-state index contributed by atoms with van der Waals surface area (Å²) in [7, 11) is 0. The molecule has 0 aliphatic carbocycles. The molecule has 5 rings (SSSR count). The van der Waals surface area contributed by atoms with Crippen molar-refractivity contribution >= 4 is 43.1 Å². The second kappa shape index (κ2) is 5.38. The fourth-order valence-electron chi connectivity index (χ4n) is 3.91. The molecule has 0 radical (unpaired) electrons. The molecule has 0 aromatic heterocycles. The van der Waals surface area contributed by atoms with Gasteiger partial charge in [0.25, 0.3) is 0 Å². The van der Waals surface area contributed by atoms with Gasteiger partial charge in [0.05, 0.1) is 0 Å². The van der Waals surface area contributed by atoms with Crippen LogP contribution in [0.25, 0.3) is 43.1 Å². The van der Waals surface area contributed by atoms with Gasteiger partial charge in [-0.15, -0.1) is 12.8 Å². The standard InChI is InChI=1S/C26H14/c1-3-21-23-13-17-9-5-7-11-19(17)15-25(23)22(4-2)26-16-20-12-8-6-10-18(20)14-24(21)26/h1-2,5-16H. The van der Waals surface area contributed by atoms with Gasteiger partial charge in [0.2, 0.25) is 0 Å². The Morgan fingerprint density at radius 2 is 0.731 bits per heavy atom. The SMILES string of the molecule is C#Cc1c2cc3ccccc3cc2c(C#C)c2cc3ccccc3cc12. The van der Waals surface area contributed by atoms with Crippen molar-refractivity contribution < 1.29 is 0 Å². The molecule has 0 amide bonds. The molecule has 5 aromatic rings. The lowest BCUT2D eigenvalue weighted by Gasteiger charge is -2.13. The highest BCUT2D eigenvalue weighted by molar-refractivity contribution is 6.15. The van der Waals surface area contributed by atoms with Gasteiger partial charge in [-0.05, 0) is 67.4 Å². The molecule has 118 valence electrons. The van der Waals surface area contributed by atoms with Crippen LogP contribution >= 0.6 is 0 Å². The first-order chi connectivity index (χ1) is 12.8. The number of hydrogen-bond donors (Lipinski definition) is 0. The second-order valence-corrected chi connectivity index (χ2v) is 6.53. The van der Waals surface area contributed by atoms with Crippen LogP contribution in [-0.2, 0) is 0 Å². The molecule has 0 saturated heterocycles. The van der Waals surface area contributed by atoms with Crippen molar-refractivity contribution in [1.82, 2.24) is 0 Å². The van der Waals surface area contributed by atoms with Gasteiger partial charge in [0.1, 0.15) is 0 Å². The van der Waals surface area contributed by atoms with Crippen LogP contribution in [0.2, 0.25) is 0 Å². The number of hydrogen-bond acceptors (Lipinski definition) is 0. The topological polar surface area (TPSA) is 0 Å². The molecule has 0 fully saturated rings. The van der Waals surface area contributed by atoms with Crippen LogP contribution in [-0.4, -0.2) is 0 Å². The molecule has 0 aliphatic rings. The number of fused-ring (bicyclic) bond motifs is 4. The van der Waals surface area contributed by atoms with Crippen molar-refractivity contribution in [3.63, 3.8) is 0 Å². The normalized spacial score (nSPS) is 11.0. The fourth-order valence-corrected chi connectivity index (χ4v) is 3.91. The Morgan fingerprint density at radius 3 is 0.962 bits per heavy atom. The first-order valence-corrected chi connectivity index (χ1v) is 8.54. The molecule has 0 saturated carbocycles. The summed E-state index contributed by atoms with van der Waals surface area (Å²) in [5, 5.41) is 8.84. The van der Waals surface area contributed by atoms with E-state index in [1.165, 1.54) is 21.5 Å². The largest absolute Gasteiger partial charge is 0.115 e. The summed E-state index contributed by atoms with van der Waals surface area (Å²) in [6.45, 7) is 0. The van der Waals surface area contributed by atoms with E-state index in [0.717, 1.165) is 32.7 Å². The average molecular weight is 326 g/mol. The minimum absolute atomic E-state index is 0.908. The summed E-state index contributed by atoms with van der Waals surface area (Å²) in [5.41, 5.74) is 1.82. The molecular weight excluding hydrogens is 312 g/mol. The Labute approximate surface area is 152 Å². The highest BCUT2D eigenvalue weighted by Crippen LogP contribution is 2.36. The molecule has 0 unspecified atom stereocenters. The molecular formula is C26H14. The van der Waals surface area contributed by atoms with E-state index in [2.05, 4.69) is 60.4 Å². The summed E-state index contributed by atoms with van der Waals surface area (Å²) < 4.78 is 0. The highest BCUT2D eigenvalue weighted by atomic mass is 14.2. The smallest absolute Gasteiger partial charge is 0.0400 e. The zero-order valence-electron chi connectivity index (χ0n) is 14.1. The summed E-state index contributed by atoms with van der Waals surface area (Å²) in [4.78, 5) is 0. The van der Waals surface area contributed by atoms with Crippen LogP contribution in [0.15, 0.2) is 72.8 Å². The maximum absolute atomic E-state index is 5.96. The van der Waals surface area contributed by atoms with Gasteiger partial charge in [-0.3, -0.25) is 0 Å². The summed E-state index contributed by atoms with van der Waals surface area (Å²) in [5.74, 6) is 5.85. The van der Waals surface area contributed by atoms with E-state index in [-0.39, 0.29) is 0 Å². The quantitative estimate of drug-likeness (QED) is 0.233. The summed E-state index contributed by atoms with van der Waals surface area (Å²) >= 11 is 0. The molecule has 0 bridgehead atoms. The van der Waals surface area contributed by atoms with Gasteiger partial charge in [-0.1, -0.05) is 60.4 Å². The lowest BCUT2D eigenvalue weighted by molar-refractivity contribution is 1.74. The minimum Gasteiger partial charge on any atom is -0.115 e. The molecule has 0 spiro atoms. The van der Waals surface area contributed by atoms with Crippen LogP contribution in [0, 0.1) is 24.7 Å². The average Bonchev–Trinajstić information content (AvgIpc) is 2.69. The third-order valence-electron chi connectivity index (χ3n) is 5.14. The predicted molar refractivity (Wildman–Crippen MR) is 112 cm³/mol. The van der Waals surface area contributed by atoms with Gasteiger partial charge in [-0.25, -0.2) is 0 Å². The van der Waals surface area contributed by atoms with Crippen molar-refractivity contribution in [2.45, 2.75) is 0 Å². The molecule has 0 nitrogen and oxygen atoms in total. The predicted octanol–water partition coefficient (Wildman–Crippen LogP) is 6.26. The van der Waals surface area contributed by atoms with E-state index < -0.39 is 0 Å². The lowest BCUT2D eigenvalue weighted by atomic mass is 9.89. The Hall–Kier alpha value is -3.74. The van der Waals surface area contributed by atoms with Gasteiger partial charge in [-0.2, -0.15) is 0 Å². The number of rotatable bonds is 0. The van der Waals surface area contributed by atoms with Crippen molar-refractivity contribution in [3.8, 4) is 24.7 Å². The van der Waals surface area contributed by atoms with Crippen molar-refractivity contribution in [2.75, 3.05) is 0 Å². The number of benzene rings is 5. The van der Waals surface area contributed by atoms with E-state index in [1.54, 1.807) is 0 Å². The van der Waals surface area contributed by atoms with Gasteiger partial charge >= 0.3 is 0 Å². The molecule has 26 heavy (non-hydrogen) atoms. The Morgan fingerprint density at radius 1 is 0.462 bits per heavy atom. The Bertz CT molecular complexity index is 1230. The fraction of sp³-hybridized carbons (Fsp3) is 0. The molecule has 0 heteroatoms.